The topological polar surface area (TPSA) is 62.1 Å². The quantitative estimate of drug-likeness (QED) is 0.367. The van der Waals surface area contributed by atoms with E-state index in [1.54, 1.807) is 7.11 Å². The first-order valence-electron chi connectivity index (χ1n) is 9.69. The lowest BCUT2D eigenvalue weighted by atomic mass is 9.99. The van der Waals surface area contributed by atoms with Gasteiger partial charge >= 0.3 is 0 Å². The summed E-state index contributed by atoms with van der Waals surface area (Å²) in [6.07, 6.45) is 5.88. The largest absolute Gasteiger partial charge is 0.497 e. The van der Waals surface area contributed by atoms with Gasteiger partial charge in [-0.2, -0.15) is 10.1 Å². The second kappa shape index (κ2) is 9.31. The Bertz CT molecular complexity index is 952. The molecule has 154 valence electrons. The van der Waals surface area contributed by atoms with E-state index in [0.717, 1.165) is 28.1 Å². The molecule has 0 N–H and O–H groups in total. The van der Waals surface area contributed by atoms with E-state index in [-0.39, 0.29) is 5.92 Å². The van der Waals surface area contributed by atoms with Gasteiger partial charge in [-0.1, -0.05) is 37.7 Å². The van der Waals surface area contributed by atoms with Gasteiger partial charge in [-0.05, 0) is 43.7 Å². The number of thioether (sulfide) groups is 1. The number of aromatic nitrogens is 4. The van der Waals surface area contributed by atoms with Crippen LogP contribution in [0.15, 0.2) is 41.8 Å². The van der Waals surface area contributed by atoms with E-state index < -0.39 is 0 Å². The van der Waals surface area contributed by atoms with Crippen LogP contribution in [0.4, 0.5) is 0 Å². The lowest BCUT2D eigenvalue weighted by Gasteiger charge is -2.17. The van der Waals surface area contributed by atoms with Gasteiger partial charge in [-0.3, -0.25) is 4.68 Å². The zero-order valence-corrected chi connectivity index (χ0v) is 18.7. The van der Waals surface area contributed by atoms with Crippen molar-refractivity contribution < 1.29 is 9.47 Å². The summed E-state index contributed by atoms with van der Waals surface area (Å²) in [5.74, 6) is 1.66. The predicted octanol–water partition coefficient (Wildman–Crippen LogP) is 5.35. The number of nitrogens with zero attached hydrogens (tertiary/aromatic N) is 4. The van der Waals surface area contributed by atoms with Crippen molar-refractivity contribution in [1.82, 2.24) is 19.7 Å². The molecular weight excluding hydrogens is 384 g/mol. The van der Waals surface area contributed by atoms with Crippen molar-refractivity contribution in [2.24, 2.45) is 0 Å². The van der Waals surface area contributed by atoms with Crippen LogP contribution in [0.5, 0.6) is 11.6 Å². The van der Waals surface area contributed by atoms with Gasteiger partial charge in [0.15, 0.2) is 5.16 Å². The Balaban J connectivity index is 1.98. The highest BCUT2D eigenvalue weighted by molar-refractivity contribution is 7.98. The Kier molecular flexibility index (Phi) is 6.79. The van der Waals surface area contributed by atoms with Crippen LogP contribution in [-0.2, 0) is 6.61 Å². The van der Waals surface area contributed by atoms with Crippen molar-refractivity contribution in [2.45, 2.75) is 51.4 Å². The molecule has 0 amide bonds. The van der Waals surface area contributed by atoms with Crippen LogP contribution < -0.4 is 9.47 Å². The van der Waals surface area contributed by atoms with Crippen molar-refractivity contribution in [1.29, 1.82) is 0 Å². The second-order valence-corrected chi connectivity index (χ2v) is 8.15. The highest BCUT2D eigenvalue weighted by Crippen LogP contribution is 2.36. The zero-order chi connectivity index (χ0) is 21.0. The van der Waals surface area contributed by atoms with E-state index in [1.165, 1.54) is 11.8 Å². The highest BCUT2D eigenvalue weighted by atomic mass is 32.2. The van der Waals surface area contributed by atoms with Crippen molar-refractivity contribution >= 4 is 11.8 Å². The molecule has 0 saturated heterocycles. The molecule has 0 unspecified atom stereocenters. The summed E-state index contributed by atoms with van der Waals surface area (Å²) in [7, 11) is 1.66. The number of hydrogen-bond acceptors (Lipinski definition) is 6. The summed E-state index contributed by atoms with van der Waals surface area (Å²) in [6.45, 7) is 8.91. The van der Waals surface area contributed by atoms with Crippen LogP contribution in [0.2, 0.25) is 0 Å². The first-order chi connectivity index (χ1) is 13.9. The minimum Gasteiger partial charge on any atom is -0.497 e. The molecule has 3 rings (SSSR count). The fourth-order valence-electron chi connectivity index (χ4n) is 2.99. The smallest absolute Gasteiger partial charge is 0.221 e. The van der Waals surface area contributed by atoms with Gasteiger partial charge in [0.25, 0.3) is 0 Å². The Morgan fingerprint density at radius 1 is 1.07 bits per heavy atom. The van der Waals surface area contributed by atoms with E-state index >= 15 is 0 Å². The van der Waals surface area contributed by atoms with E-state index in [1.807, 2.05) is 47.6 Å². The standard InChI is InChI=1S/C22H28N4O2S/c1-14(2)19-20(17-11-23-26(12-17)15(3)4)24-22(29-6)25-21(19)28-13-16-7-9-18(27-5)10-8-16/h7-12,14-15H,13H2,1-6H3. The molecule has 2 aromatic heterocycles. The minimum absolute atomic E-state index is 0.203. The molecule has 0 aliphatic carbocycles. The maximum atomic E-state index is 6.18. The SMILES string of the molecule is COc1ccc(COc2nc(SC)nc(-c3cnn(C(C)C)c3)c2C(C)C)cc1. The Morgan fingerprint density at radius 3 is 2.34 bits per heavy atom. The van der Waals surface area contributed by atoms with Gasteiger partial charge < -0.3 is 9.47 Å². The molecule has 1 aromatic carbocycles. The summed E-state index contributed by atoms with van der Waals surface area (Å²) in [6, 6.07) is 8.15. The van der Waals surface area contributed by atoms with Crippen molar-refractivity contribution in [3.8, 4) is 22.9 Å². The minimum atomic E-state index is 0.203. The molecule has 6 nitrogen and oxygen atoms in total. The fourth-order valence-corrected chi connectivity index (χ4v) is 3.34. The molecule has 0 radical (unpaired) electrons. The van der Waals surface area contributed by atoms with Crippen molar-refractivity contribution in [3.63, 3.8) is 0 Å². The molecule has 0 atom stereocenters. The monoisotopic (exact) mass is 412 g/mol. The number of methoxy groups -OCH3 is 1. The Labute approximate surface area is 176 Å². The molecule has 0 aliphatic heterocycles. The van der Waals surface area contributed by atoms with E-state index in [2.05, 4.69) is 37.8 Å². The van der Waals surface area contributed by atoms with Crippen LogP contribution >= 0.6 is 11.8 Å². The van der Waals surface area contributed by atoms with E-state index in [9.17, 15) is 0 Å². The van der Waals surface area contributed by atoms with E-state index in [0.29, 0.717) is 23.7 Å². The molecule has 0 bridgehead atoms. The predicted molar refractivity (Wildman–Crippen MR) is 117 cm³/mol. The van der Waals surface area contributed by atoms with Crippen molar-refractivity contribution in [2.75, 3.05) is 13.4 Å². The molecule has 0 aliphatic rings. The number of rotatable bonds is 8. The molecule has 7 heteroatoms. The van der Waals surface area contributed by atoms with Crippen LogP contribution in [0, 0.1) is 0 Å². The van der Waals surface area contributed by atoms with Gasteiger partial charge in [0.05, 0.1) is 19.0 Å². The number of benzene rings is 1. The second-order valence-electron chi connectivity index (χ2n) is 7.37. The normalized spacial score (nSPS) is 11.3. The lowest BCUT2D eigenvalue weighted by molar-refractivity contribution is 0.286. The van der Waals surface area contributed by atoms with Gasteiger partial charge in [0, 0.05) is 23.4 Å². The van der Waals surface area contributed by atoms with Gasteiger partial charge in [0.2, 0.25) is 5.88 Å². The molecule has 29 heavy (non-hydrogen) atoms. The summed E-state index contributed by atoms with van der Waals surface area (Å²) in [5.41, 5.74) is 3.92. The van der Waals surface area contributed by atoms with E-state index in [4.69, 9.17) is 14.5 Å². The maximum Gasteiger partial charge on any atom is 0.221 e. The summed E-state index contributed by atoms with van der Waals surface area (Å²) >= 11 is 1.51. The first-order valence-corrected chi connectivity index (χ1v) is 10.9. The molecule has 3 aromatic rings. The molecule has 0 saturated carbocycles. The third-order valence-electron chi connectivity index (χ3n) is 4.59. The maximum absolute atomic E-state index is 6.18. The highest BCUT2D eigenvalue weighted by Gasteiger charge is 2.21. The lowest BCUT2D eigenvalue weighted by Crippen LogP contribution is -2.07. The fraction of sp³-hybridized carbons (Fsp3) is 0.409. The average Bonchev–Trinajstić information content (AvgIpc) is 3.22. The molecule has 2 heterocycles. The Morgan fingerprint density at radius 2 is 1.79 bits per heavy atom. The van der Waals surface area contributed by atoms with Crippen molar-refractivity contribution in [3.05, 3.63) is 47.8 Å². The van der Waals surface area contributed by atoms with Gasteiger partial charge in [-0.15, -0.1) is 0 Å². The third kappa shape index (κ3) is 4.90. The number of ether oxygens (including phenoxy) is 2. The summed E-state index contributed by atoms with van der Waals surface area (Å²) in [5, 5.41) is 5.17. The van der Waals surface area contributed by atoms with Crippen LogP contribution in [0.1, 0.15) is 50.8 Å². The van der Waals surface area contributed by atoms with Crippen LogP contribution in [0.3, 0.4) is 0 Å². The third-order valence-corrected chi connectivity index (χ3v) is 5.14. The molecular formula is C22H28N4O2S. The first kappa shape index (κ1) is 21.2. The van der Waals surface area contributed by atoms with Gasteiger partial charge in [0.1, 0.15) is 12.4 Å². The molecule has 0 fully saturated rings. The van der Waals surface area contributed by atoms with Gasteiger partial charge in [-0.25, -0.2) is 4.98 Å². The molecule has 0 spiro atoms. The Hall–Kier alpha value is -2.54. The summed E-state index contributed by atoms with van der Waals surface area (Å²) < 4.78 is 13.4. The zero-order valence-electron chi connectivity index (χ0n) is 17.8. The van der Waals surface area contributed by atoms with Crippen LogP contribution in [-0.4, -0.2) is 33.1 Å². The summed E-state index contributed by atoms with van der Waals surface area (Å²) in [4.78, 5) is 9.46. The average molecular weight is 413 g/mol. The van der Waals surface area contributed by atoms with Crippen LogP contribution in [0.25, 0.3) is 11.3 Å². The number of hydrogen-bond donors (Lipinski definition) is 0.